The molecule has 0 aliphatic rings. The minimum atomic E-state index is -1.17. The molecule has 8 nitrogen and oxygen atoms in total. The maximum absolute atomic E-state index is 11.9. The molecule has 4 N–H and O–H groups in total. The summed E-state index contributed by atoms with van der Waals surface area (Å²) in [6.45, 7) is 3.88. The summed E-state index contributed by atoms with van der Waals surface area (Å²) in [6, 6.07) is -2.13. The lowest BCUT2D eigenvalue weighted by molar-refractivity contribution is -0.138. The van der Waals surface area contributed by atoms with Crippen molar-refractivity contribution in [2.45, 2.75) is 45.7 Å². The zero-order valence-corrected chi connectivity index (χ0v) is 12.4. The summed E-state index contributed by atoms with van der Waals surface area (Å²) in [7, 11) is 0. The fourth-order valence-electron chi connectivity index (χ4n) is 1.45. The van der Waals surface area contributed by atoms with Crippen LogP contribution in [0.1, 0.15) is 33.6 Å². The number of hydrogen-bond donors (Lipinski definition) is 4. The second-order valence-corrected chi connectivity index (χ2v) is 5.00. The highest BCUT2D eigenvalue weighted by Crippen LogP contribution is 2.01. The number of ketones is 1. The third-order valence-electron chi connectivity index (χ3n) is 2.79. The van der Waals surface area contributed by atoms with Gasteiger partial charge in [-0.3, -0.25) is 19.2 Å². The van der Waals surface area contributed by atoms with Gasteiger partial charge < -0.3 is 20.8 Å². The molecule has 8 heteroatoms. The molecule has 0 fully saturated rings. The lowest BCUT2D eigenvalue weighted by atomic mass is 10.1. The predicted molar refractivity (Wildman–Crippen MR) is 73.3 cm³/mol. The SMILES string of the molecule is CC(=O)[C@H](CCC(=O)O)NC(=O)[C@H](CO)NC(=O)C(C)C. The maximum atomic E-state index is 11.9. The van der Waals surface area contributed by atoms with E-state index in [0.717, 1.165) is 0 Å². The third kappa shape index (κ3) is 7.40. The maximum Gasteiger partial charge on any atom is 0.303 e. The van der Waals surface area contributed by atoms with Crippen molar-refractivity contribution in [3.8, 4) is 0 Å². The zero-order valence-electron chi connectivity index (χ0n) is 12.4. The first-order valence-corrected chi connectivity index (χ1v) is 6.62. The number of Topliss-reactive ketones (excluding diaryl/α,β-unsaturated/α-hetero) is 1. The number of aliphatic carboxylic acids is 1. The topological polar surface area (TPSA) is 133 Å². The lowest BCUT2D eigenvalue weighted by Gasteiger charge is -2.21. The van der Waals surface area contributed by atoms with Crippen LogP contribution in [-0.4, -0.2) is 52.5 Å². The van der Waals surface area contributed by atoms with Crippen molar-refractivity contribution in [1.29, 1.82) is 0 Å². The van der Waals surface area contributed by atoms with E-state index >= 15 is 0 Å². The highest BCUT2D eigenvalue weighted by Gasteiger charge is 2.25. The largest absolute Gasteiger partial charge is 0.481 e. The second-order valence-electron chi connectivity index (χ2n) is 5.00. The summed E-state index contributed by atoms with van der Waals surface area (Å²) in [6.07, 6.45) is -0.320. The van der Waals surface area contributed by atoms with Gasteiger partial charge in [0.15, 0.2) is 5.78 Å². The summed E-state index contributed by atoms with van der Waals surface area (Å²) in [4.78, 5) is 45.3. The molecule has 2 amide bonds. The molecule has 2 atom stereocenters. The molecule has 0 rings (SSSR count). The van der Waals surface area contributed by atoms with Gasteiger partial charge in [0.25, 0.3) is 0 Å². The number of hydrogen-bond acceptors (Lipinski definition) is 5. The summed E-state index contributed by atoms with van der Waals surface area (Å²) in [5.74, 6) is -2.97. The predicted octanol–water partition coefficient (Wildman–Crippen LogP) is -0.942. The van der Waals surface area contributed by atoms with Crippen molar-refractivity contribution in [3.63, 3.8) is 0 Å². The van der Waals surface area contributed by atoms with E-state index in [0.29, 0.717) is 0 Å². The van der Waals surface area contributed by atoms with Gasteiger partial charge in [0.05, 0.1) is 12.6 Å². The molecule has 0 bridgehead atoms. The molecule has 0 unspecified atom stereocenters. The monoisotopic (exact) mass is 302 g/mol. The number of nitrogens with one attached hydrogen (secondary N) is 2. The van der Waals surface area contributed by atoms with Gasteiger partial charge in [0.1, 0.15) is 6.04 Å². The van der Waals surface area contributed by atoms with E-state index in [2.05, 4.69) is 10.6 Å². The van der Waals surface area contributed by atoms with Crippen LogP contribution < -0.4 is 10.6 Å². The van der Waals surface area contributed by atoms with E-state index in [1.807, 2.05) is 0 Å². The molecule has 0 saturated carbocycles. The molecular weight excluding hydrogens is 280 g/mol. The first-order chi connectivity index (χ1) is 9.68. The molecule has 0 aliphatic carbocycles. The third-order valence-corrected chi connectivity index (χ3v) is 2.79. The molecular formula is C13H22N2O6. The number of aliphatic hydroxyl groups excluding tert-OH is 1. The van der Waals surface area contributed by atoms with Gasteiger partial charge in [0, 0.05) is 12.3 Å². The number of carbonyl (C=O) groups excluding carboxylic acids is 3. The van der Waals surface area contributed by atoms with Gasteiger partial charge in [-0.15, -0.1) is 0 Å². The average molecular weight is 302 g/mol. The zero-order chi connectivity index (χ0) is 16.6. The standard InChI is InChI=1S/C13H22N2O6/c1-7(2)12(20)15-10(6-16)13(21)14-9(8(3)17)4-5-11(18)19/h7,9-10,16H,4-6H2,1-3H3,(H,14,21)(H,15,20)(H,18,19)/t9-,10-/m0/s1. The Labute approximate surface area is 122 Å². The van der Waals surface area contributed by atoms with E-state index in [9.17, 15) is 19.2 Å². The Morgan fingerprint density at radius 2 is 1.52 bits per heavy atom. The number of rotatable bonds is 9. The second kappa shape index (κ2) is 9.06. The van der Waals surface area contributed by atoms with E-state index in [-0.39, 0.29) is 18.8 Å². The van der Waals surface area contributed by atoms with E-state index in [1.165, 1.54) is 6.92 Å². The van der Waals surface area contributed by atoms with Crippen LogP contribution in [0, 0.1) is 5.92 Å². The van der Waals surface area contributed by atoms with E-state index in [1.54, 1.807) is 13.8 Å². The van der Waals surface area contributed by atoms with Gasteiger partial charge in [0.2, 0.25) is 11.8 Å². The summed E-state index contributed by atoms with van der Waals surface area (Å²) >= 11 is 0. The molecule has 0 aliphatic heterocycles. The number of carboxylic acids is 1. The smallest absolute Gasteiger partial charge is 0.303 e. The number of carbonyl (C=O) groups is 4. The Balaban J connectivity index is 4.66. The molecule has 0 radical (unpaired) electrons. The number of carboxylic acid groups (broad SMARTS) is 1. The fraction of sp³-hybridized carbons (Fsp3) is 0.692. The van der Waals surface area contributed by atoms with Crippen LogP contribution in [0.15, 0.2) is 0 Å². The molecule has 0 spiro atoms. The molecule has 0 aromatic heterocycles. The Kier molecular flexibility index (Phi) is 8.22. The van der Waals surface area contributed by atoms with Crippen LogP contribution in [0.4, 0.5) is 0 Å². The van der Waals surface area contributed by atoms with Crippen molar-refractivity contribution in [2.24, 2.45) is 5.92 Å². The quantitative estimate of drug-likeness (QED) is 0.434. The van der Waals surface area contributed by atoms with Crippen LogP contribution in [0.3, 0.4) is 0 Å². The molecule has 0 aromatic rings. The first-order valence-electron chi connectivity index (χ1n) is 6.62. The number of amides is 2. The average Bonchev–Trinajstić information content (AvgIpc) is 2.39. The number of aliphatic hydroxyl groups is 1. The normalized spacial score (nSPS) is 13.4. The van der Waals surface area contributed by atoms with Crippen LogP contribution in [-0.2, 0) is 19.2 Å². The van der Waals surface area contributed by atoms with Crippen molar-refractivity contribution in [3.05, 3.63) is 0 Å². The van der Waals surface area contributed by atoms with Crippen LogP contribution in [0.2, 0.25) is 0 Å². The van der Waals surface area contributed by atoms with Gasteiger partial charge >= 0.3 is 5.97 Å². The van der Waals surface area contributed by atoms with E-state index in [4.69, 9.17) is 10.2 Å². The van der Waals surface area contributed by atoms with Gasteiger partial charge in [-0.2, -0.15) is 0 Å². The van der Waals surface area contributed by atoms with Crippen molar-refractivity contribution in [2.75, 3.05) is 6.61 Å². The lowest BCUT2D eigenvalue weighted by Crippen LogP contribution is -2.53. The molecule has 21 heavy (non-hydrogen) atoms. The highest BCUT2D eigenvalue weighted by molar-refractivity contribution is 5.92. The minimum Gasteiger partial charge on any atom is -0.481 e. The Hall–Kier alpha value is -1.96. The van der Waals surface area contributed by atoms with Crippen molar-refractivity contribution < 1.29 is 29.4 Å². The Bertz CT molecular complexity index is 407. The molecule has 0 aromatic carbocycles. The van der Waals surface area contributed by atoms with Crippen molar-refractivity contribution >= 4 is 23.6 Å². The summed E-state index contributed by atoms with van der Waals surface area (Å²) in [5, 5.41) is 22.4. The van der Waals surface area contributed by atoms with Gasteiger partial charge in [-0.1, -0.05) is 13.8 Å². The van der Waals surface area contributed by atoms with Crippen LogP contribution in [0.5, 0.6) is 0 Å². The van der Waals surface area contributed by atoms with Crippen molar-refractivity contribution in [1.82, 2.24) is 10.6 Å². The van der Waals surface area contributed by atoms with E-state index < -0.39 is 42.3 Å². The minimum absolute atomic E-state index is 0.0489. The van der Waals surface area contributed by atoms with Crippen LogP contribution in [0.25, 0.3) is 0 Å². The molecule has 120 valence electrons. The van der Waals surface area contributed by atoms with Gasteiger partial charge in [-0.25, -0.2) is 0 Å². The van der Waals surface area contributed by atoms with Gasteiger partial charge in [-0.05, 0) is 13.3 Å². The Morgan fingerprint density at radius 3 is 1.90 bits per heavy atom. The molecule has 0 saturated heterocycles. The molecule has 0 heterocycles. The summed E-state index contributed by atoms with van der Waals surface area (Å²) in [5.41, 5.74) is 0. The first kappa shape index (κ1) is 19.0. The fourth-order valence-corrected chi connectivity index (χ4v) is 1.45. The van der Waals surface area contributed by atoms with Crippen LogP contribution >= 0.6 is 0 Å². The highest BCUT2D eigenvalue weighted by atomic mass is 16.4. The Morgan fingerprint density at radius 1 is 1.00 bits per heavy atom. The summed E-state index contributed by atoms with van der Waals surface area (Å²) < 4.78 is 0.